The normalized spacial score (nSPS) is 12.0. The monoisotopic (exact) mass is 258 g/mol. The highest BCUT2D eigenvalue weighted by Crippen LogP contribution is 2.30. The molecule has 0 aromatic carbocycles. The number of halogens is 3. The SMILES string of the molecule is Cc1nc2cc(C(F)(F)F)ccn2c1CC(=O)O. The summed E-state index contributed by atoms with van der Waals surface area (Å²) < 4.78 is 38.9. The van der Waals surface area contributed by atoms with Crippen LogP contribution in [0.5, 0.6) is 0 Å². The third kappa shape index (κ3) is 2.15. The molecule has 2 heterocycles. The number of rotatable bonds is 2. The van der Waals surface area contributed by atoms with Crippen molar-refractivity contribution in [3.05, 3.63) is 35.3 Å². The van der Waals surface area contributed by atoms with Gasteiger partial charge >= 0.3 is 12.1 Å². The summed E-state index contributed by atoms with van der Waals surface area (Å²) in [4.78, 5) is 14.6. The van der Waals surface area contributed by atoms with E-state index in [2.05, 4.69) is 4.98 Å². The number of imidazole rings is 1. The summed E-state index contributed by atoms with van der Waals surface area (Å²) in [6.45, 7) is 1.57. The molecule has 0 bridgehead atoms. The average Bonchev–Trinajstić information content (AvgIpc) is 2.53. The fourth-order valence-corrected chi connectivity index (χ4v) is 1.75. The Bertz CT molecular complexity index is 617. The Balaban J connectivity index is 2.58. The predicted octanol–water partition coefficient (Wildman–Crippen LogP) is 2.29. The van der Waals surface area contributed by atoms with E-state index in [0.717, 1.165) is 12.1 Å². The third-order valence-corrected chi connectivity index (χ3v) is 2.57. The van der Waals surface area contributed by atoms with Gasteiger partial charge in [-0.25, -0.2) is 4.98 Å². The van der Waals surface area contributed by atoms with E-state index in [1.807, 2.05) is 0 Å². The van der Waals surface area contributed by atoms with E-state index in [0.29, 0.717) is 11.4 Å². The zero-order chi connectivity index (χ0) is 13.5. The second kappa shape index (κ2) is 4.01. The first-order chi connectivity index (χ1) is 8.29. The number of aryl methyl sites for hydroxylation is 1. The third-order valence-electron chi connectivity index (χ3n) is 2.57. The molecule has 7 heteroatoms. The summed E-state index contributed by atoms with van der Waals surface area (Å²) in [6.07, 6.45) is -3.52. The van der Waals surface area contributed by atoms with Crippen LogP contribution in [0.15, 0.2) is 18.3 Å². The number of aliphatic carboxylic acids is 1. The van der Waals surface area contributed by atoms with E-state index in [1.165, 1.54) is 10.6 Å². The lowest BCUT2D eigenvalue weighted by Crippen LogP contribution is -2.07. The molecule has 96 valence electrons. The molecule has 0 saturated heterocycles. The molecular formula is C11H9F3N2O2. The van der Waals surface area contributed by atoms with Crippen molar-refractivity contribution >= 4 is 11.6 Å². The van der Waals surface area contributed by atoms with Crippen LogP contribution in [0, 0.1) is 6.92 Å². The first-order valence-electron chi connectivity index (χ1n) is 5.05. The molecule has 0 amide bonds. The van der Waals surface area contributed by atoms with E-state index in [-0.39, 0.29) is 12.1 Å². The molecule has 2 rings (SSSR count). The Labute approximate surface area is 99.7 Å². The van der Waals surface area contributed by atoms with E-state index in [9.17, 15) is 18.0 Å². The van der Waals surface area contributed by atoms with Gasteiger partial charge in [0.15, 0.2) is 0 Å². The minimum atomic E-state index is -4.44. The molecule has 2 aromatic heterocycles. The number of aromatic nitrogens is 2. The van der Waals surface area contributed by atoms with Crippen molar-refractivity contribution in [1.29, 1.82) is 0 Å². The standard InChI is InChI=1S/C11H9F3N2O2/c1-6-8(5-10(17)18)16-3-2-7(11(12,13)14)4-9(16)15-6/h2-4H,5H2,1H3,(H,17,18). The van der Waals surface area contributed by atoms with Gasteiger partial charge in [0.05, 0.1) is 23.4 Å². The number of carboxylic acids is 1. The highest BCUT2D eigenvalue weighted by atomic mass is 19.4. The first kappa shape index (κ1) is 12.4. The molecule has 2 aromatic rings. The highest BCUT2D eigenvalue weighted by molar-refractivity contribution is 5.70. The number of fused-ring (bicyclic) bond motifs is 1. The number of hydrogen-bond donors (Lipinski definition) is 1. The molecular weight excluding hydrogens is 249 g/mol. The van der Waals surface area contributed by atoms with Gasteiger partial charge in [0, 0.05) is 6.20 Å². The summed E-state index contributed by atoms with van der Waals surface area (Å²) in [5.74, 6) is -1.06. The number of pyridine rings is 1. The quantitative estimate of drug-likeness (QED) is 0.899. The highest BCUT2D eigenvalue weighted by Gasteiger charge is 2.31. The lowest BCUT2D eigenvalue weighted by atomic mass is 10.2. The van der Waals surface area contributed by atoms with E-state index in [1.54, 1.807) is 6.92 Å². The fraction of sp³-hybridized carbons (Fsp3) is 0.273. The maximum absolute atomic E-state index is 12.5. The predicted molar refractivity (Wildman–Crippen MR) is 56.3 cm³/mol. The minimum Gasteiger partial charge on any atom is -0.481 e. The van der Waals surface area contributed by atoms with Crippen molar-refractivity contribution in [3.63, 3.8) is 0 Å². The average molecular weight is 258 g/mol. The van der Waals surface area contributed by atoms with Crippen molar-refractivity contribution in [2.75, 3.05) is 0 Å². The molecule has 1 N–H and O–H groups in total. The van der Waals surface area contributed by atoms with Crippen molar-refractivity contribution in [2.45, 2.75) is 19.5 Å². The number of hydrogen-bond acceptors (Lipinski definition) is 2. The lowest BCUT2D eigenvalue weighted by molar-refractivity contribution is -0.138. The van der Waals surface area contributed by atoms with E-state index < -0.39 is 17.7 Å². The molecule has 0 unspecified atom stereocenters. The molecule has 0 aliphatic heterocycles. The number of carbonyl (C=O) groups is 1. The van der Waals surface area contributed by atoms with Crippen LogP contribution in [0.25, 0.3) is 5.65 Å². The Hall–Kier alpha value is -2.05. The number of nitrogens with zero attached hydrogens (tertiary/aromatic N) is 2. The molecule has 0 aliphatic rings. The fourth-order valence-electron chi connectivity index (χ4n) is 1.75. The van der Waals surface area contributed by atoms with Crippen LogP contribution in [-0.2, 0) is 17.4 Å². The summed E-state index contributed by atoms with van der Waals surface area (Å²) in [5, 5.41) is 8.73. The lowest BCUT2D eigenvalue weighted by Gasteiger charge is -2.07. The minimum absolute atomic E-state index is 0.0959. The van der Waals surface area contributed by atoms with Crippen LogP contribution in [0.4, 0.5) is 13.2 Å². The van der Waals surface area contributed by atoms with Gasteiger partial charge in [0.1, 0.15) is 5.65 Å². The zero-order valence-electron chi connectivity index (χ0n) is 9.32. The van der Waals surface area contributed by atoms with E-state index >= 15 is 0 Å². The zero-order valence-corrected chi connectivity index (χ0v) is 9.32. The first-order valence-corrected chi connectivity index (χ1v) is 5.05. The topological polar surface area (TPSA) is 54.6 Å². The van der Waals surface area contributed by atoms with Crippen molar-refractivity contribution in [1.82, 2.24) is 9.38 Å². The summed E-state index contributed by atoms with van der Waals surface area (Å²) >= 11 is 0. The van der Waals surface area contributed by atoms with Gasteiger partial charge < -0.3 is 9.51 Å². The van der Waals surface area contributed by atoms with Crippen molar-refractivity contribution in [3.8, 4) is 0 Å². The second-order valence-corrected chi connectivity index (χ2v) is 3.86. The maximum atomic E-state index is 12.5. The largest absolute Gasteiger partial charge is 0.481 e. The molecule has 0 spiro atoms. The van der Waals surface area contributed by atoms with Gasteiger partial charge in [-0.15, -0.1) is 0 Å². The van der Waals surface area contributed by atoms with Gasteiger partial charge in [0.25, 0.3) is 0 Å². The number of alkyl halides is 3. The van der Waals surface area contributed by atoms with Gasteiger partial charge in [-0.2, -0.15) is 13.2 Å². The van der Waals surface area contributed by atoms with Crippen LogP contribution in [0.3, 0.4) is 0 Å². The van der Waals surface area contributed by atoms with Gasteiger partial charge in [-0.3, -0.25) is 4.79 Å². The van der Waals surface area contributed by atoms with Crippen LogP contribution in [-0.4, -0.2) is 20.5 Å². The molecule has 0 aliphatic carbocycles. The molecule has 0 fully saturated rings. The summed E-state index contributed by atoms with van der Waals surface area (Å²) in [6, 6.07) is 1.80. The molecule has 0 atom stereocenters. The Morgan fingerprint density at radius 3 is 2.72 bits per heavy atom. The van der Waals surface area contributed by atoms with Crippen LogP contribution in [0.2, 0.25) is 0 Å². The van der Waals surface area contributed by atoms with Gasteiger partial charge in [-0.1, -0.05) is 0 Å². The Kier molecular flexibility index (Phi) is 2.76. The second-order valence-electron chi connectivity index (χ2n) is 3.86. The van der Waals surface area contributed by atoms with Crippen LogP contribution in [0.1, 0.15) is 17.0 Å². The summed E-state index contributed by atoms with van der Waals surface area (Å²) in [5.41, 5.74) is 0.0865. The van der Waals surface area contributed by atoms with Crippen LogP contribution >= 0.6 is 0 Å². The Morgan fingerprint density at radius 2 is 2.17 bits per heavy atom. The molecule has 18 heavy (non-hydrogen) atoms. The Morgan fingerprint density at radius 1 is 1.50 bits per heavy atom. The van der Waals surface area contributed by atoms with Gasteiger partial charge in [0.2, 0.25) is 0 Å². The molecule has 0 saturated carbocycles. The maximum Gasteiger partial charge on any atom is 0.416 e. The van der Waals surface area contributed by atoms with Gasteiger partial charge in [-0.05, 0) is 19.1 Å². The van der Waals surface area contributed by atoms with Crippen LogP contribution < -0.4 is 0 Å². The summed E-state index contributed by atoms with van der Waals surface area (Å²) in [7, 11) is 0. The van der Waals surface area contributed by atoms with Crippen molar-refractivity contribution in [2.24, 2.45) is 0 Å². The number of carboxylic acid groups (broad SMARTS) is 1. The van der Waals surface area contributed by atoms with Crippen molar-refractivity contribution < 1.29 is 23.1 Å². The molecule has 4 nitrogen and oxygen atoms in total. The molecule has 0 radical (unpaired) electrons. The smallest absolute Gasteiger partial charge is 0.416 e. The van der Waals surface area contributed by atoms with E-state index in [4.69, 9.17) is 5.11 Å².